The number of fused-ring (bicyclic) bond motifs is 1. The van der Waals surface area contributed by atoms with Crippen LogP contribution < -0.4 is 5.32 Å². The summed E-state index contributed by atoms with van der Waals surface area (Å²) in [5.74, 6) is 0.498. The zero-order valence-corrected chi connectivity index (χ0v) is 20.8. The molecule has 184 valence electrons. The number of amides is 1. The normalized spacial score (nSPS) is 17.1. The van der Waals surface area contributed by atoms with E-state index in [0.717, 1.165) is 35.2 Å². The second kappa shape index (κ2) is 9.97. The third kappa shape index (κ3) is 4.76. The van der Waals surface area contributed by atoms with Gasteiger partial charge in [-0.3, -0.25) is 14.5 Å². The molecule has 1 unspecified atom stereocenters. The monoisotopic (exact) mass is 480 g/mol. The number of rotatable bonds is 7. The number of aromatic hydroxyl groups is 1. The van der Waals surface area contributed by atoms with E-state index in [1.54, 1.807) is 12.3 Å². The lowest BCUT2D eigenvalue weighted by molar-refractivity contribution is -0.122. The summed E-state index contributed by atoms with van der Waals surface area (Å²) >= 11 is 0. The fourth-order valence-corrected chi connectivity index (χ4v) is 5.26. The number of nitrogens with one attached hydrogen (secondary N) is 1. The zero-order chi connectivity index (χ0) is 25.1. The average Bonchev–Trinajstić information content (AvgIpc) is 3.32. The molecular formula is C30H32N4O2. The van der Waals surface area contributed by atoms with Gasteiger partial charge in [-0.15, -0.1) is 0 Å². The van der Waals surface area contributed by atoms with Crippen LogP contribution in [-0.4, -0.2) is 25.8 Å². The maximum Gasteiger partial charge on any atom is 0.235 e. The lowest BCUT2D eigenvalue weighted by Gasteiger charge is -2.38. The largest absolute Gasteiger partial charge is 0.508 e. The highest BCUT2D eigenvalue weighted by molar-refractivity contribution is 6.00. The molecule has 2 heterocycles. The van der Waals surface area contributed by atoms with Gasteiger partial charge in [-0.25, -0.2) is 0 Å². The van der Waals surface area contributed by atoms with Crippen molar-refractivity contribution >= 4 is 11.6 Å². The minimum atomic E-state index is -0.816. The number of nitrogens with zero attached hydrogens (tertiary/aromatic N) is 3. The number of benzene rings is 2. The van der Waals surface area contributed by atoms with Crippen LogP contribution in [0.25, 0.3) is 0 Å². The molecule has 2 aromatic carbocycles. The van der Waals surface area contributed by atoms with Crippen molar-refractivity contribution in [2.75, 3.05) is 5.32 Å². The molecule has 0 aliphatic heterocycles. The first-order valence-electron chi connectivity index (χ1n) is 12.6. The van der Waals surface area contributed by atoms with E-state index in [-0.39, 0.29) is 11.7 Å². The quantitative estimate of drug-likeness (QED) is 0.360. The van der Waals surface area contributed by atoms with Crippen molar-refractivity contribution in [2.45, 2.75) is 57.4 Å². The van der Waals surface area contributed by atoms with E-state index in [1.165, 1.54) is 5.56 Å². The van der Waals surface area contributed by atoms with E-state index < -0.39 is 5.41 Å². The molecule has 0 saturated carbocycles. The van der Waals surface area contributed by atoms with E-state index in [0.29, 0.717) is 31.0 Å². The molecule has 1 aliphatic rings. The summed E-state index contributed by atoms with van der Waals surface area (Å²) in [4.78, 5) is 18.6. The smallest absolute Gasteiger partial charge is 0.235 e. The second-order valence-electron chi connectivity index (χ2n) is 10.0. The average molecular weight is 481 g/mol. The van der Waals surface area contributed by atoms with Crippen LogP contribution in [0, 0.1) is 0 Å². The molecule has 1 atom stereocenters. The van der Waals surface area contributed by atoms with Gasteiger partial charge in [0.25, 0.3) is 0 Å². The number of carbonyl (C=O) groups is 1. The van der Waals surface area contributed by atoms with Crippen molar-refractivity contribution in [1.29, 1.82) is 0 Å². The minimum absolute atomic E-state index is 0.0797. The number of aromatic nitrogens is 3. The molecule has 0 fully saturated rings. The maximum absolute atomic E-state index is 14.0. The number of carbonyl (C=O) groups excluding carboxylic acids is 1. The molecule has 6 nitrogen and oxygen atoms in total. The van der Waals surface area contributed by atoms with E-state index in [1.807, 2.05) is 59.5 Å². The molecule has 0 spiro atoms. The van der Waals surface area contributed by atoms with Crippen LogP contribution in [0.3, 0.4) is 0 Å². The van der Waals surface area contributed by atoms with Gasteiger partial charge in [-0.2, -0.15) is 5.10 Å². The van der Waals surface area contributed by atoms with Crippen LogP contribution in [0.2, 0.25) is 0 Å². The summed E-state index contributed by atoms with van der Waals surface area (Å²) in [6.07, 6.45) is 8.38. The summed E-state index contributed by atoms with van der Waals surface area (Å²) in [5.41, 5.74) is 4.77. The van der Waals surface area contributed by atoms with Gasteiger partial charge in [0, 0.05) is 11.9 Å². The Morgan fingerprint density at radius 1 is 1.06 bits per heavy atom. The van der Waals surface area contributed by atoms with Crippen LogP contribution in [0.1, 0.15) is 60.6 Å². The fourth-order valence-electron chi connectivity index (χ4n) is 5.26. The summed E-state index contributed by atoms with van der Waals surface area (Å²) < 4.78 is 1.91. The Morgan fingerprint density at radius 2 is 1.89 bits per heavy atom. The number of anilines is 1. The highest BCUT2D eigenvalue weighted by Crippen LogP contribution is 2.43. The fraction of sp³-hybridized carbons (Fsp3) is 0.300. The van der Waals surface area contributed by atoms with Crippen molar-refractivity contribution in [1.82, 2.24) is 14.8 Å². The molecule has 4 aromatic rings. The first-order chi connectivity index (χ1) is 17.4. The third-order valence-corrected chi connectivity index (χ3v) is 7.15. The standard InChI is InChI=1S/C30H32N4O2/c1-21(2)27-14-13-24(18-31-27)33-29(36)30(15-7-10-25-26(30)11-6-12-28(25)35)16-23-17-32-34(20-23)19-22-8-4-3-5-9-22/h3-6,8-9,11-14,17-18,20-21,35H,7,10,15-16,19H2,1-2H3,(H,33,36). The second-order valence-corrected chi connectivity index (χ2v) is 10.0. The van der Waals surface area contributed by atoms with Gasteiger partial charge in [-0.1, -0.05) is 56.3 Å². The van der Waals surface area contributed by atoms with Crippen molar-refractivity contribution in [3.8, 4) is 5.75 Å². The van der Waals surface area contributed by atoms with Gasteiger partial charge in [0.15, 0.2) is 0 Å². The molecule has 1 aliphatic carbocycles. The van der Waals surface area contributed by atoms with Crippen molar-refractivity contribution in [3.63, 3.8) is 0 Å². The molecule has 0 radical (unpaired) electrons. The third-order valence-electron chi connectivity index (χ3n) is 7.15. The number of pyridine rings is 1. The Labute approximate surface area is 212 Å². The van der Waals surface area contributed by atoms with E-state index in [4.69, 9.17) is 0 Å². The minimum Gasteiger partial charge on any atom is -0.508 e. The summed E-state index contributed by atoms with van der Waals surface area (Å²) in [6, 6.07) is 19.6. The van der Waals surface area contributed by atoms with E-state index in [9.17, 15) is 9.90 Å². The predicted octanol–water partition coefficient (Wildman–Crippen LogP) is 5.61. The van der Waals surface area contributed by atoms with E-state index >= 15 is 0 Å². The molecule has 2 N–H and O–H groups in total. The van der Waals surface area contributed by atoms with Crippen LogP contribution in [-0.2, 0) is 29.6 Å². The van der Waals surface area contributed by atoms with Gasteiger partial charge >= 0.3 is 0 Å². The van der Waals surface area contributed by atoms with Gasteiger partial charge in [0.2, 0.25) is 5.91 Å². The van der Waals surface area contributed by atoms with Gasteiger partial charge in [0.05, 0.1) is 30.0 Å². The Morgan fingerprint density at radius 3 is 2.64 bits per heavy atom. The molecule has 0 saturated heterocycles. The topological polar surface area (TPSA) is 80.0 Å². The summed E-state index contributed by atoms with van der Waals surface area (Å²) in [6.45, 7) is 4.86. The highest BCUT2D eigenvalue weighted by atomic mass is 16.3. The molecule has 36 heavy (non-hydrogen) atoms. The van der Waals surface area contributed by atoms with E-state index in [2.05, 4.69) is 41.4 Å². The Hall–Kier alpha value is -3.93. The number of phenols is 1. The van der Waals surface area contributed by atoms with Crippen molar-refractivity contribution in [3.05, 3.63) is 107 Å². The zero-order valence-electron chi connectivity index (χ0n) is 20.8. The van der Waals surface area contributed by atoms with Crippen molar-refractivity contribution in [2.24, 2.45) is 0 Å². The van der Waals surface area contributed by atoms with Crippen LogP contribution in [0.15, 0.2) is 79.3 Å². The van der Waals surface area contributed by atoms with Gasteiger partial charge in [-0.05, 0) is 72.1 Å². The van der Waals surface area contributed by atoms with Gasteiger partial charge < -0.3 is 10.4 Å². The number of phenolic OH excluding ortho intramolecular Hbond substituents is 1. The Kier molecular flexibility index (Phi) is 6.59. The molecule has 5 rings (SSSR count). The van der Waals surface area contributed by atoms with Gasteiger partial charge in [0.1, 0.15) is 5.75 Å². The number of hydrogen-bond acceptors (Lipinski definition) is 4. The molecular weight excluding hydrogens is 448 g/mol. The lowest BCUT2D eigenvalue weighted by Crippen LogP contribution is -2.45. The molecule has 2 aromatic heterocycles. The van der Waals surface area contributed by atoms with Crippen molar-refractivity contribution < 1.29 is 9.90 Å². The first-order valence-corrected chi connectivity index (χ1v) is 12.6. The SMILES string of the molecule is CC(C)c1ccc(NC(=O)C2(Cc3cnn(Cc4ccccc4)c3)CCCc3c(O)cccc32)cn1. The summed E-state index contributed by atoms with van der Waals surface area (Å²) in [7, 11) is 0. The van der Waals surface area contributed by atoms with Crippen LogP contribution >= 0.6 is 0 Å². The molecule has 1 amide bonds. The predicted molar refractivity (Wildman–Crippen MR) is 141 cm³/mol. The molecule has 0 bridgehead atoms. The Balaban J connectivity index is 1.47. The Bertz CT molecular complexity index is 1350. The maximum atomic E-state index is 14.0. The first kappa shape index (κ1) is 23.8. The number of hydrogen-bond donors (Lipinski definition) is 2. The highest BCUT2D eigenvalue weighted by Gasteiger charge is 2.44. The summed E-state index contributed by atoms with van der Waals surface area (Å²) in [5, 5.41) is 18.3. The van der Waals surface area contributed by atoms with Crippen LogP contribution in [0.5, 0.6) is 5.75 Å². The molecule has 6 heteroatoms. The van der Waals surface area contributed by atoms with Crippen LogP contribution in [0.4, 0.5) is 5.69 Å². The lowest BCUT2D eigenvalue weighted by atomic mass is 9.66.